The summed E-state index contributed by atoms with van der Waals surface area (Å²) >= 11 is 0. The zero-order valence-corrected chi connectivity index (χ0v) is 11.7. The fourth-order valence-corrected chi connectivity index (χ4v) is 2.68. The molecule has 19 heavy (non-hydrogen) atoms. The molecule has 6 heteroatoms. The highest BCUT2D eigenvalue weighted by atomic mass is 16.5. The third-order valence-corrected chi connectivity index (χ3v) is 3.94. The highest BCUT2D eigenvalue weighted by Gasteiger charge is 2.65. The van der Waals surface area contributed by atoms with E-state index in [0.29, 0.717) is 11.7 Å². The van der Waals surface area contributed by atoms with Crippen LogP contribution in [-0.2, 0) is 9.53 Å². The van der Waals surface area contributed by atoms with Crippen molar-refractivity contribution in [3.63, 3.8) is 0 Å². The predicted octanol–water partition coefficient (Wildman–Crippen LogP) is 2.38. The predicted molar refractivity (Wildman–Crippen MR) is 66.6 cm³/mol. The van der Waals surface area contributed by atoms with Gasteiger partial charge in [0.15, 0.2) is 0 Å². The zero-order chi connectivity index (χ0) is 14.2. The molecular formula is C13H20N2O4. The van der Waals surface area contributed by atoms with Crippen LogP contribution >= 0.6 is 0 Å². The number of aliphatic carboxylic acids is 1. The number of carboxylic acid groups (broad SMARTS) is 1. The van der Waals surface area contributed by atoms with E-state index in [9.17, 15) is 4.79 Å². The van der Waals surface area contributed by atoms with E-state index in [1.54, 1.807) is 7.11 Å². The molecule has 0 amide bonds. The molecule has 0 spiro atoms. The Hall–Kier alpha value is -1.43. The minimum Gasteiger partial charge on any atom is -0.481 e. The van der Waals surface area contributed by atoms with Gasteiger partial charge >= 0.3 is 5.97 Å². The van der Waals surface area contributed by atoms with Gasteiger partial charge in [-0.1, -0.05) is 32.3 Å². The molecule has 1 aliphatic carbocycles. The molecule has 0 radical (unpaired) electrons. The van der Waals surface area contributed by atoms with Crippen LogP contribution in [0.1, 0.15) is 57.3 Å². The summed E-state index contributed by atoms with van der Waals surface area (Å²) in [5.74, 6) is -0.554. The first-order chi connectivity index (χ1) is 8.93. The number of carbonyl (C=O) groups is 1. The average molecular weight is 268 g/mol. The molecule has 1 aromatic rings. The van der Waals surface area contributed by atoms with Crippen LogP contribution in [0.5, 0.6) is 0 Å². The van der Waals surface area contributed by atoms with E-state index >= 15 is 0 Å². The molecule has 1 fully saturated rings. The molecule has 1 aliphatic rings. The average Bonchev–Trinajstić information content (AvgIpc) is 2.73. The standard InChI is InChI=1S/C13H20N2O4/c1-5-6-7(18-4)10-14-11(19-15-10)8-9(12(16)17)13(8,2)3/h7-9H,5-6H2,1-4H3,(H,16,17). The molecule has 0 aromatic carbocycles. The Bertz CT molecular complexity index is 469. The monoisotopic (exact) mass is 268 g/mol. The van der Waals surface area contributed by atoms with Crippen molar-refractivity contribution in [1.82, 2.24) is 10.1 Å². The maximum absolute atomic E-state index is 11.1. The van der Waals surface area contributed by atoms with Gasteiger partial charge in [0.25, 0.3) is 0 Å². The normalized spacial score (nSPS) is 26.1. The van der Waals surface area contributed by atoms with Crippen molar-refractivity contribution in [1.29, 1.82) is 0 Å². The number of aromatic nitrogens is 2. The topological polar surface area (TPSA) is 85.5 Å². The molecule has 0 bridgehead atoms. The first kappa shape index (κ1) is 14.0. The number of carboxylic acids is 1. The van der Waals surface area contributed by atoms with Gasteiger partial charge in [-0.15, -0.1) is 0 Å². The van der Waals surface area contributed by atoms with E-state index in [-0.39, 0.29) is 17.4 Å². The maximum Gasteiger partial charge on any atom is 0.307 e. The molecule has 2 rings (SSSR count). The molecule has 106 valence electrons. The van der Waals surface area contributed by atoms with Crippen LogP contribution in [0.3, 0.4) is 0 Å². The van der Waals surface area contributed by atoms with E-state index in [0.717, 1.165) is 12.8 Å². The van der Waals surface area contributed by atoms with Crippen LogP contribution < -0.4 is 0 Å². The third kappa shape index (κ3) is 2.36. The van der Waals surface area contributed by atoms with Gasteiger partial charge in [0, 0.05) is 7.11 Å². The smallest absolute Gasteiger partial charge is 0.307 e. The minimum atomic E-state index is -0.813. The van der Waals surface area contributed by atoms with Crippen molar-refractivity contribution < 1.29 is 19.2 Å². The van der Waals surface area contributed by atoms with E-state index < -0.39 is 11.9 Å². The SMILES string of the molecule is CCCC(OC)c1noc(C2C(C(=O)O)C2(C)C)n1. The van der Waals surface area contributed by atoms with Crippen LogP contribution in [0.4, 0.5) is 0 Å². The van der Waals surface area contributed by atoms with Crippen LogP contribution in [0.25, 0.3) is 0 Å². The Morgan fingerprint density at radius 3 is 2.74 bits per heavy atom. The number of hydrogen-bond acceptors (Lipinski definition) is 5. The van der Waals surface area contributed by atoms with E-state index in [4.69, 9.17) is 14.4 Å². The van der Waals surface area contributed by atoms with Crippen molar-refractivity contribution in [3.8, 4) is 0 Å². The molecule has 0 aliphatic heterocycles. The quantitative estimate of drug-likeness (QED) is 0.852. The second kappa shape index (κ2) is 4.92. The Morgan fingerprint density at radius 2 is 2.26 bits per heavy atom. The van der Waals surface area contributed by atoms with Gasteiger partial charge in [0.05, 0.1) is 11.8 Å². The largest absolute Gasteiger partial charge is 0.481 e. The summed E-state index contributed by atoms with van der Waals surface area (Å²) in [5.41, 5.74) is -0.330. The van der Waals surface area contributed by atoms with Crippen molar-refractivity contribution in [3.05, 3.63) is 11.7 Å². The summed E-state index contributed by atoms with van der Waals surface area (Å²) in [6.45, 7) is 5.86. The molecule has 0 saturated heterocycles. The van der Waals surface area contributed by atoms with Crippen molar-refractivity contribution in [2.75, 3.05) is 7.11 Å². The molecule has 3 unspecified atom stereocenters. The first-order valence-corrected chi connectivity index (χ1v) is 6.52. The number of ether oxygens (including phenoxy) is 1. The van der Waals surface area contributed by atoms with Gasteiger partial charge in [-0.3, -0.25) is 4.79 Å². The summed E-state index contributed by atoms with van der Waals surface area (Å²) < 4.78 is 10.5. The number of rotatable bonds is 6. The molecule has 1 N–H and O–H groups in total. The fourth-order valence-electron chi connectivity index (χ4n) is 2.68. The lowest BCUT2D eigenvalue weighted by molar-refractivity contribution is -0.139. The third-order valence-electron chi connectivity index (χ3n) is 3.94. The van der Waals surface area contributed by atoms with Gasteiger partial charge in [0.1, 0.15) is 6.10 Å². The maximum atomic E-state index is 11.1. The van der Waals surface area contributed by atoms with Gasteiger partial charge in [-0.2, -0.15) is 4.98 Å². The minimum absolute atomic E-state index is 0.187. The van der Waals surface area contributed by atoms with Gasteiger partial charge in [-0.05, 0) is 11.8 Å². The van der Waals surface area contributed by atoms with E-state index in [1.165, 1.54) is 0 Å². The Morgan fingerprint density at radius 1 is 1.58 bits per heavy atom. The lowest BCUT2D eigenvalue weighted by Gasteiger charge is -2.08. The molecule has 1 heterocycles. The van der Waals surface area contributed by atoms with Gasteiger partial charge < -0.3 is 14.4 Å². The summed E-state index contributed by atoms with van der Waals surface area (Å²) in [7, 11) is 1.61. The van der Waals surface area contributed by atoms with Crippen LogP contribution in [0, 0.1) is 11.3 Å². The lowest BCUT2D eigenvalue weighted by atomic mass is 10.1. The van der Waals surface area contributed by atoms with Crippen molar-refractivity contribution in [2.45, 2.75) is 45.6 Å². The Kier molecular flexibility index (Phi) is 3.62. The second-order valence-corrected chi connectivity index (χ2v) is 5.62. The second-order valence-electron chi connectivity index (χ2n) is 5.62. The Balaban J connectivity index is 2.16. The summed E-state index contributed by atoms with van der Waals surface area (Å²) in [5, 5.41) is 13.1. The van der Waals surface area contributed by atoms with Gasteiger partial charge in [-0.25, -0.2) is 0 Å². The van der Waals surface area contributed by atoms with Crippen LogP contribution in [0.15, 0.2) is 4.52 Å². The van der Waals surface area contributed by atoms with E-state index in [2.05, 4.69) is 17.1 Å². The summed E-state index contributed by atoms with van der Waals surface area (Å²) in [6.07, 6.45) is 1.58. The summed E-state index contributed by atoms with van der Waals surface area (Å²) in [6, 6.07) is 0. The number of nitrogens with zero attached hydrogens (tertiary/aromatic N) is 2. The molecule has 3 atom stereocenters. The number of methoxy groups -OCH3 is 1. The van der Waals surface area contributed by atoms with Crippen LogP contribution in [0.2, 0.25) is 0 Å². The number of hydrogen-bond donors (Lipinski definition) is 1. The zero-order valence-electron chi connectivity index (χ0n) is 11.7. The Labute approximate surface area is 112 Å². The molecule has 1 aromatic heterocycles. The van der Waals surface area contributed by atoms with Crippen molar-refractivity contribution in [2.24, 2.45) is 11.3 Å². The highest BCUT2D eigenvalue weighted by Crippen LogP contribution is 2.64. The highest BCUT2D eigenvalue weighted by molar-refractivity contribution is 5.77. The lowest BCUT2D eigenvalue weighted by Crippen LogP contribution is -2.03. The van der Waals surface area contributed by atoms with E-state index in [1.807, 2.05) is 13.8 Å². The first-order valence-electron chi connectivity index (χ1n) is 6.52. The van der Waals surface area contributed by atoms with Gasteiger partial charge in [0.2, 0.25) is 11.7 Å². The van der Waals surface area contributed by atoms with Crippen LogP contribution in [-0.4, -0.2) is 28.3 Å². The molecular weight excluding hydrogens is 248 g/mol. The molecule has 6 nitrogen and oxygen atoms in total. The van der Waals surface area contributed by atoms with Crippen molar-refractivity contribution >= 4 is 5.97 Å². The fraction of sp³-hybridized carbons (Fsp3) is 0.769. The summed E-state index contributed by atoms with van der Waals surface area (Å²) in [4.78, 5) is 15.5. The molecule has 1 saturated carbocycles.